The van der Waals surface area contributed by atoms with Gasteiger partial charge in [-0.2, -0.15) is 8.78 Å². The molecular formula is C48H36Cl2F12N4O15. The van der Waals surface area contributed by atoms with Gasteiger partial charge in [-0.3, -0.25) is 4.79 Å². The fourth-order valence-corrected chi connectivity index (χ4v) is 6.80. The molecule has 1 amide bonds. The van der Waals surface area contributed by atoms with Crippen LogP contribution in [0.3, 0.4) is 0 Å². The Bertz CT molecular complexity index is 3520. The monoisotopic (exact) mass is 1210 g/mol. The molecule has 4 N–H and O–H groups in total. The predicted octanol–water partition coefficient (Wildman–Crippen LogP) is 12.8. The zero-order valence-corrected chi connectivity index (χ0v) is 42.0. The number of benzene rings is 4. The van der Waals surface area contributed by atoms with Crippen LogP contribution in [0.4, 0.5) is 64.1 Å². The number of alkyl halides is 10. The molecule has 2 heterocycles. The summed E-state index contributed by atoms with van der Waals surface area (Å²) in [5.41, 5.74) is 1.95. The minimum atomic E-state index is -5.39. The number of pyridine rings is 2. The van der Waals surface area contributed by atoms with Crippen LogP contribution in [0.1, 0.15) is 73.9 Å². The lowest BCUT2D eigenvalue weighted by molar-refractivity contribution is -0.276. The van der Waals surface area contributed by atoms with Gasteiger partial charge >= 0.3 is 30.6 Å². The third-order valence-electron chi connectivity index (χ3n) is 9.49. The van der Waals surface area contributed by atoms with Crippen molar-refractivity contribution in [3.63, 3.8) is 0 Å². The van der Waals surface area contributed by atoms with Crippen LogP contribution >= 0.6 is 23.2 Å². The zero-order chi connectivity index (χ0) is 65.8. The van der Waals surface area contributed by atoms with Gasteiger partial charge in [-0.15, -0.1) is 26.3 Å². The number of aromatic carboxylic acids is 1. The summed E-state index contributed by atoms with van der Waals surface area (Å²) in [6.45, 7) is 0. The smallest absolute Gasteiger partial charge is 0.495 e. The molecule has 81 heavy (non-hydrogen) atoms. The topological polar surface area (TPSA) is 245 Å². The van der Waals surface area contributed by atoms with Gasteiger partial charge in [0.2, 0.25) is 23.1 Å². The first-order valence-corrected chi connectivity index (χ1v) is 21.7. The number of nitrogens with one attached hydrogen (secondary N) is 1. The van der Waals surface area contributed by atoms with E-state index in [9.17, 15) is 72.6 Å². The van der Waals surface area contributed by atoms with E-state index in [0.29, 0.717) is 42.1 Å². The van der Waals surface area contributed by atoms with E-state index in [1.54, 1.807) is 6.07 Å². The van der Waals surface area contributed by atoms with Crippen molar-refractivity contribution in [1.82, 2.24) is 9.97 Å². The summed E-state index contributed by atoms with van der Waals surface area (Å²) in [5.74, 6) is -19.4. The van der Waals surface area contributed by atoms with E-state index in [4.69, 9.17) is 56.1 Å². The molecule has 19 nitrogen and oxygen atoms in total. The number of aromatic nitrogens is 2. The highest BCUT2D eigenvalue weighted by Gasteiger charge is 2.37. The lowest BCUT2D eigenvalue weighted by Crippen LogP contribution is -2.18. The lowest BCUT2D eigenvalue weighted by atomic mass is 10.1. The Balaban J connectivity index is 0.000000323. The summed E-state index contributed by atoms with van der Waals surface area (Å²) in [6, 6.07) is 8.56. The fraction of sp³-hybridized carbons (Fsp3) is 0.208. The Morgan fingerprint density at radius 2 is 1.00 bits per heavy atom. The summed E-state index contributed by atoms with van der Waals surface area (Å²) in [7, 11) is -2.74. The number of esters is 2. The Morgan fingerprint density at radius 1 is 0.593 bits per heavy atom. The van der Waals surface area contributed by atoms with Gasteiger partial charge in [0.1, 0.15) is 45.5 Å². The molecule has 6 rings (SSSR count). The van der Waals surface area contributed by atoms with Crippen LogP contribution in [0.5, 0.6) is 57.5 Å². The molecule has 0 atom stereocenters. The van der Waals surface area contributed by atoms with Crippen molar-refractivity contribution < 1.29 is 133 Å². The van der Waals surface area contributed by atoms with E-state index < -0.39 is 165 Å². The van der Waals surface area contributed by atoms with Crippen LogP contribution in [-0.4, -0.2) is 94.1 Å². The number of hydrogen-bond donors (Lipinski definition) is 3. The molecule has 0 unspecified atom stereocenters. The van der Waals surface area contributed by atoms with E-state index in [-0.39, 0.29) is 17.1 Å². The summed E-state index contributed by atoms with van der Waals surface area (Å²) < 4.78 is 248. The van der Waals surface area contributed by atoms with Crippen molar-refractivity contribution in [3.05, 3.63) is 128 Å². The van der Waals surface area contributed by atoms with Crippen molar-refractivity contribution in [1.29, 1.82) is 0 Å². The maximum Gasteiger partial charge on any atom is 0.573 e. The van der Waals surface area contributed by atoms with Crippen LogP contribution < -0.4 is 48.9 Å². The van der Waals surface area contributed by atoms with Gasteiger partial charge in [-0.25, -0.2) is 41.9 Å². The highest BCUT2D eigenvalue weighted by molar-refractivity contribution is 6.32. The van der Waals surface area contributed by atoms with Gasteiger partial charge in [-0.05, 0) is 48.5 Å². The first kappa shape index (κ1) is 55.3. The van der Waals surface area contributed by atoms with Gasteiger partial charge in [0.05, 0.1) is 71.9 Å². The summed E-state index contributed by atoms with van der Waals surface area (Å²) in [4.78, 5) is 55.2. The molecule has 0 fully saturated rings. The molecule has 2 aromatic heterocycles. The largest absolute Gasteiger partial charge is 0.573 e. The molecule has 0 aliphatic carbocycles. The normalized spacial score (nSPS) is 12.4. The highest BCUT2D eigenvalue weighted by atomic mass is 35.5. The minimum Gasteiger partial charge on any atom is -0.495 e. The van der Waals surface area contributed by atoms with E-state index in [0.717, 1.165) is 33.6 Å². The quantitative estimate of drug-likeness (QED) is 0.0567. The average molecular weight is 1210 g/mol. The predicted molar refractivity (Wildman–Crippen MR) is 256 cm³/mol. The maximum atomic E-state index is 15.0. The number of carboxylic acid groups (broad SMARTS) is 1. The van der Waals surface area contributed by atoms with Crippen LogP contribution in [0.2, 0.25) is 10.0 Å². The standard InChI is InChI=1S/C24H17ClF6N2O7.C17H11ClF6O6.C7H8N2O2/c1-36-19-14(5-4-13(18(19)26)40-24(29,30)31)39-15-9-11(25)16(21(27)28)20(37-2)17(15)22(34)33-10-6-7-32-12(8-10)23(35)38-3;1-27-13-8(4-3-7(12(13)19)30-17(22,23)24)29-9-5-6(18)10(15(20)21)14(28-2)11(9)16(25)26;1-11-7(10)6-4-5(8)2-3-9-6/h4-9,21H,1-3H3,(H,32,33,34);3-5,15H,1-2H3,(H,25,26);2-4H,1H3,(H2,8,9)/i2*1D3;. The molecule has 6 aromatic rings. The second-order valence-corrected chi connectivity index (χ2v) is 15.3. The van der Waals surface area contributed by atoms with E-state index in [1.807, 2.05) is 0 Å². The second kappa shape index (κ2) is 27.7. The zero-order valence-electron chi connectivity index (χ0n) is 46.5. The molecule has 0 aliphatic heterocycles. The first-order chi connectivity index (χ1) is 40.2. The maximum absolute atomic E-state index is 15.0. The number of amides is 1. The fourth-order valence-electron chi connectivity index (χ4n) is 6.27. The van der Waals surface area contributed by atoms with Crippen molar-refractivity contribution in [2.75, 3.05) is 53.6 Å². The highest BCUT2D eigenvalue weighted by Crippen LogP contribution is 2.49. The number of nitrogens with two attached hydrogens (primary N) is 1. The van der Waals surface area contributed by atoms with E-state index in [2.05, 4.69) is 43.7 Å². The summed E-state index contributed by atoms with van der Waals surface area (Å²) in [5, 5.41) is 10.3. The number of carbonyl (C=O) groups excluding carboxylic acids is 3. The Hall–Kier alpha value is -9.00. The summed E-state index contributed by atoms with van der Waals surface area (Å²) >= 11 is 11.7. The third-order valence-corrected chi connectivity index (χ3v) is 10.1. The number of carbonyl (C=O) groups is 4. The van der Waals surface area contributed by atoms with E-state index >= 15 is 4.39 Å². The molecule has 436 valence electrons. The number of nitrogen functional groups attached to an aromatic ring is 1. The Labute approximate surface area is 465 Å². The van der Waals surface area contributed by atoms with Crippen LogP contribution in [-0.2, 0) is 9.47 Å². The molecule has 0 saturated heterocycles. The number of hydrogen-bond acceptors (Lipinski definition) is 17. The molecule has 0 bridgehead atoms. The van der Waals surface area contributed by atoms with Crippen molar-refractivity contribution in [2.24, 2.45) is 0 Å². The lowest BCUT2D eigenvalue weighted by Gasteiger charge is -2.20. The number of ether oxygens (including phenoxy) is 10. The number of rotatable bonds is 17. The number of nitrogens with zero attached hydrogens (tertiary/aromatic N) is 2. The second-order valence-electron chi connectivity index (χ2n) is 14.5. The number of methoxy groups -OCH3 is 6. The van der Waals surface area contributed by atoms with Gasteiger partial charge in [0.25, 0.3) is 18.8 Å². The number of carboxylic acids is 1. The van der Waals surface area contributed by atoms with Crippen molar-refractivity contribution in [3.8, 4) is 57.5 Å². The Kier molecular flexibility index (Phi) is 18.9. The van der Waals surface area contributed by atoms with Gasteiger partial charge in [-0.1, -0.05) is 23.2 Å². The number of anilines is 2. The van der Waals surface area contributed by atoms with Gasteiger partial charge in [0.15, 0.2) is 23.0 Å². The molecule has 33 heteroatoms. The van der Waals surface area contributed by atoms with Crippen LogP contribution in [0.15, 0.2) is 73.1 Å². The van der Waals surface area contributed by atoms with Crippen LogP contribution in [0, 0.1) is 11.6 Å². The van der Waals surface area contributed by atoms with Crippen LogP contribution in [0.25, 0.3) is 0 Å². The average Bonchev–Trinajstić information content (AvgIpc) is 0.882. The molecule has 4 aromatic carbocycles. The SMILES string of the molecule is COC(=O)c1cc(N)ccn1.[2H]C([2H])([2H])Oc1c(Oc2cc(Cl)c(C(F)F)c(OC)c2C(=O)Nc2ccnc(C(=O)OC)c2)ccc(OC(F)(F)F)c1F.[2H]C([2H])([2H])Oc1c(Oc2cc(Cl)c(C(F)F)c(OC)c2C(=O)O)ccc(OC(F)(F)F)c1F. The molecule has 0 aliphatic rings. The minimum absolute atomic E-state index is 0.104. The molecule has 0 saturated carbocycles. The molecule has 0 radical (unpaired) electrons. The third kappa shape index (κ3) is 16.5. The van der Waals surface area contributed by atoms with E-state index in [1.165, 1.54) is 25.4 Å². The molecular weight excluding hydrogens is 1170 g/mol. The Morgan fingerprint density at radius 3 is 1.38 bits per heavy atom. The molecule has 0 spiro atoms. The first-order valence-electron chi connectivity index (χ1n) is 23.9. The van der Waals surface area contributed by atoms with Gasteiger partial charge in [0, 0.05) is 35.9 Å². The summed E-state index contributed by atoms with van der Waals surface area (Å²) in [6.07, 6.45) is -14.8. The van der Waals surface area contributed by atoms with Gasteiger partial charge < -0.3 is 63.5 Å². The van der Waals surface area contributed by atoms with Crippen molar-refractivity contribution >= 4 is 58.4 Å². The number of halogens is 14. The van der Waals surface area contributed by atoms with Crippen molar-refractivity contribution in [2.45, 2.75) is 25.6 Å².